The molecule has 4 nitrogen and oxygen atoms in total. The van der Waals surface area contributed by atoms with Crippen molar-refractivity contribution in [3.8, 4) is 0 Å². The molecule has 0 bridgehead atoms. The van der Waals surface area contributed by atoms with Crippen LogP contribution in [0.1, 0.15) is 24.8 Å². The normalized spacial score (nSPS) is 14.2. The lowest BCUT2D eigenvalue weighted by atomic mass is 10.1. The van der Waals surface area contributed by atoms with Crippen molar-refractivity contribution in [3.63, 3.8) is 0 Å². The van der Waals surface area contributed by atoms with Crippen LogP contribution in [0.5, 0.6) is 0 Å². The first-order chi connectivity index (χ1) is 13.1. The summed E-state index contributed by atoms with van der Waals surface area (Å²) in [7, 11) is 0. The van der Waals surface area contributed by atoms with E-state index in [4.69, 9.17) is 23.8 Å². The summed E-state index contributed by atoms with van der Waals surface area (Å²) < 4.78 is 0. The summed E-state index contributed by atoms with van der Waals surface area (Å²) in [5.74, 6) is -0.280. The molecule has 3 rings (SSSR count). The fourth-order valence-corrected chi connectivity index (χ4v) is 3.38. The van der Waals surface area contributed by atoms with Gasteiger partial charge in [-0.1, -0.05) is 35.9 Å². The minimum Gasteiger partial charge on any atom is -0.370 e. The van der Waals surface area contributed by atoms with E-state index in [-0.39, 0.29) is 11.0 Å². The molecule has 0 saturated carbocycles. The van der Waals surface area contributed by atoms with Crippen molar-refractivity contribution in [1.82, 2.24) is 5.32 Å². The molecule has 1 fully saturated rings. The molecule has 2 aromatic rings. The number of hydrogen-bond donors (Lipinski definition) is 2. The Morgan fingerprint density at radius 2 is 1.74 bits per heavy atom. The molecule has 0 radical (unpaired) electrons. The number of carbonyl (C=O) groups excluding carboxylic acids is 1. The van der Waals surface area contributed by atoms with Crippen LogP contribution in [0.2, 0.25) is 5.02 Å². The Hall–Kier alpha value is -2.37. The van der Waals surface area contributed by atoms with E-state index >= 15 is 0 Å². The van der Waals surface area contributed by atoms with Gasteiger partial charge in [0.25, 0.3) is 0 Å². The largest absolute Gasteiger partial charge is 0.370 e. The van der Waals surface area contributed by atoms with Crippen molar-refractivity contribution < 1.29 is 4.79 Å². The lowest BCUT2D eigenvalue weighted by Crippen LogP contribution is -2.34. The van der Waals surface area contributed by atoms with Crippen molar-refractivity contribution in [2.75, 3.05) is 23.3 Å². The summed E-state index contributed by atoms with van der Waals surface area (Å²) in [5, 5.41) is 6.79. The zero-order valence-corrected chi connectivity index (χ0v) is 16.5. The van der Waals surface area contributed by atoms with Gasteiger partial charge >= 0.3 is 0 Å². The van der Waals surface area contributed by atoms with E-state index in [1.165, 1.54) is 25.3 Å². The van der Waals surface area contributed by atoms with Crippen LogP contribution in [0.3, 0.4) is 0 Å². The second-order valence-corrected chi connectivity index (χ2v) is 7.24. The van der Waals surface area contributed by atoms with Crippen LogP contribution in [-0.4, -0.2) is 24.1 Å². The minimum absolute atomic E-state index is 0.280. The molecule has 1 saturated heterocycles. The smallest absolute Gasteiger partial charge is 0.250 e. The summed E-state index contributed by atoms with van der Waals surface area (Å²) in [5.41, 5.74) is 2.92. The number of piperidine rings is 1. The van der Waals surface area contributed by atoms with Crippen molar-refractivity contribution in [2.24, 2.45) is 0 Å². The third-order valence-corrected chi connectivity index (χ3v) is 4.84. The highest BCUT2D eigenvalue weighted by atomic mass is 35.5. The van der Waals surface area contributed by atoms with Gasteiger partial charge in [-0.15, -0.1) is 0 Å². The lowest BCUT2D eigenvalue weighted by Gasteiger charge is -2.30. The number of nitrogens with zero attached hydrogens (tertiary/aromatic N) is 1. The van der Waals surface area contributed by atoms with Crippen molar-refractivity contribution in [1.29, 1.82) is 0 Å². The number of nitrogens with one attached hydrogen (secondary N) is 2. The van der Waals surface area contributed by atoms with Crippen LogP contribution in [0.25, 0.3) is 6.08 Å². The molecule has 0 spiro atoms. The van der Waals surface area contributed by atoms with Gasteiger partial charge < -0.3 is 10.2 Å². The summed E-state index contributed by atoms with van der Waals surface area (Å²) in [6.45, 7) is 2.09. The van der Waals surface area contributed by atoms with Crippen LogP contribution in [0.4, 0.5) is 11.4 Å². The number of thiocarbonyl (C=S) groups is 1. The topological polar surface area (TPSA) is 44.4 Å². The van der Waals surface area contributed by atoms with E-state index in [0.717, 1.165) is 30.0 Å². The Balaban J connectivity index is 1.59. The summed E-state index contributed by atoms with van der Waals surface area (Å²) in [4.78, 5) is 14.5. The summed E-state index contributed by atoms with van der Waals surface area (Å²) >= 11 is 11.2. The van der Waals surface area contributed by atoms with E-state index in [1.54, 1.807) is 18.2 Å². The third kappa shape index (κ3) is 5.81. The van der Waals surface area contributed by atoms with Gasteiger partial charge in [-0.25, -0.2) is 0 Å². The molecule has 140 valence electrons. The predicted molar refractivity (Wildman–Crippen MR) is 117 cm³/mol. The van der Waals surface area contributed by atoms with Gasteiger partial charge in [0.15, 0.2) is 5.11 Å². The average Bonchev–Trinajstić information content (AvgIpc) is 2.68. The molecule has 0 aliphatic carbocycles. The molecular weight excluding hydrogens is 378 g/mol. The fourth-order valence-electron chi connectivity index (χ4n) is 3.04. The van der Waals surface area contributed by atoms with Crippen molar-refractivity contribution >= 4 is 52.3 Å². The fraction of sp³-hybridized carbons (Fsp3) is 0.238. The first kappa shape index (κ1) is 19.4. The Bertz CT molecular complexity index is 830. The zero-order valence-electron chi connectivity index (χ0n) is 15.0. The summed E-state index contributed by atoms with van der Waals surface area (Å²) in [6.07, 6.45) is 6.85. The lowest BCUT2D eigenvalue weighted by molar-refractivity contribution is -0.115. The second kappa shape index (κ2) is 9.53. The number of hydrogen-bond acceptors (Lipinski definition) is 3. The third-order valence-electron chi connectivity index (χ3n) is 4.38. The molecule has 6 heteroatoms. The number of anilines is 2. The van der Waals surface area contributed by atoms with E-state index in [1.807, 2.05) is 30.3 Å². The number of amides is 1. The minimum atomic E-state index is -0.280. The molecule has 2 aromatic carbocycles. The maximum Gasteiger partial charge on any atom is 0.250 e. The van der Waals surface area contributed by atoms with E-state index in [2.05, 4.69) is 21.6 Å². The van der Waals surface area contributed by atoms with E-state index < -0.39 is 0 Å². The van der Waals surface area contributed by atoms with Crippen LogP contribution >= 0.6 is 23.8 Å². The first-order valence-electron chi connectivity index (χ1n) is 9.01. The number of para-hydroxylation sites is 2. The van der Waals surface area contributed by atoms with Crippen LogP contribution in [0.15, 0.2) is 54.6 Å². The standard InChI is InChI=1S/C21H22ClN3OS/c22-17-11-8-16(9-12-17)10-13-20(26)24-21(27)23-18-6-2-3-7-19(18)25-14-4-1-5-15-25/h2-3,6-13H,1,4-5,14-15H2,(H2,23,24,26,27). The van der Waals surface area contributed by atoms with E-state index in [0.29, 0.717) is 5.02 Å². The Morgan fingerprint density at radius 1 is 1.04 bits per heavy atom. The quantitative estimate of drug-likeness (QED) is 0.569. The monoisotopic (exact) mass is 399 g/mol. The molecule has 1 aliphatic rings. The van der Waals surface area contributed by atoms with Gasteiger partial charge in [0, 0.05) is 24.2 Å². The summed E-state index contributed by atoms with van der Waals surface area (Å²) in [6, 6.07) is 15.3. The highest BCUT2D eigenvalue weighted by molar-refractivity contribution is 7.80. The van der Waals surface area contributed by atoms with Crippen molar-refractivity contribution in [2.45, 2.75) is 19.3 Å². The molecule has 0 unspecified atom stereocenters. The number of halogens is 1. The molecule has 1 amide bonds. The van der Waals surface area contributed by atoms with Crippen LogP contribution < -0.4 is 15.5 Å². The van der Waals surface area contributed by atoms with Gasteiger partial charge in [-0.2, -0.15) is 0 Å². The Labute approximate surface area is 170 Å². The highest BCUT2D eigenvalue weighted by Crippen LogP contribution is 2.28. The van der Waals surface area contributed by atoms with Crippen LogP contribution in [-0.2, 0) is 4.79 Å². The van der Waals surface area contributed by atoms with Gasteiger partial charge in [-0.3, -0.25) is 10.1 Å². The second-order valence-electron chi connectivity index (χ2n) is 6.39. The molecule has 0 aromatic heterocycles. The van der Waals surface area contributed by atoms with Gasteiger partial charge in [0.1, 0.15) is 0 Å². The van der Waals surface area contributed by atoms with Gasteiger partial charge in [-0.05, 0) is 67.4 Å². The molecule has 27 heavy (non-hydrogen) atoms. The van der Waals surface area contributed by atoms with Crippen LogP contribution in [0, 0.1) is 0 Å². The predicted octanol–water partition coefficient (Wildman–Crippen LogP) is 4.86. The first-order valence-corrected chi connectivity index (χ1v) is 9.80. The van der Waals surface area contributed by atoms with Gasteiger partial charge in [0.2, 0.25) is 5.91 Å². The SMILES string of the molecule is O=C(C=Cc1ccc(Cl)cc1)NC(=S)Nc1ccccc1N1CCCCC1. The number of carbonyl (C=O) groups is 1. The van der Waals surface area contributed by atoms with E-state index in [9.17, 15) is 4.79 Å². The number of benzene rings is 2. The number of rotatable bonds is 4. The Kier molecular flexibility index (Phi) is 6.85. The van der Waals surface area contributed by atoms with Crippen molar-refractivity contribution in [3.05, 3.63) is 65.2 Å². The molecule has 2 N–H and O–H groups in total. The van der Waals surface area contributed by atoms with Gasteiger partial charge in [0.05, 0.1) is 11.4 Å². The highest BCUT2D eigenvalue weighted by Gasteiger charge is 2.14. The molecule has 1 aliphatic heterocycles. The maximum absolute atomic E-state index is 12.1. The molecule has 1 heterocycles. The Morgan fingerprint density at radius 3 is 2.48 bits per heavy atom. The molecular formula is C21H22ClN3OS. The molecule has 0 atom stereocenters. The maximum atomic E-state index is 12.1. The zero-order chi connectivity index (χ0) is 19.1. The average molecular weight is 400 g/mol.